The van der Waals surface area contributed by atoms with Crippen molar-refractivity contribution >= 4 is 11.8 Å². The standard InChI is InChI=1S/C16H21NO6/c1-5-22-16(18)17-13-7-6-10(19-2)8-11(13)12-9-14(20-3)23-15(12)21-4/h6-9,12,15H,5H2,1-4H3,(H,17,18). The van der Waals surface area contributed by atoms with Gasteiger partial charge in [0.25, 0.3) is 5.95 Å². The Morgan fingerprint density at radius 2 is 2.04 bits per heavy atom. The highest BCUT2D eigenvalue weighted by Gasteiger charge is 2.33. The van der Waals surface area contributed by atoms with Crippen LogP contribution in [0.1, 0.15) is 18.4 Å². The highest BCUT2D eigenvalue weighted by Crippen LogP contribution is 2.38. The molecule has 0 aromatic heterocycles. The third kappa shape index (κ3) is 3.87. The number of rotatable bonds is 6. The van der Waals surface area contributed by atoms with Gasteiger partial charge in [0.15, 0.2) is 0 Å². The molecule has 1 aliphatic heterocycles. The van der Waals surface area contributed by atoms with Crippen LogP contribution in [0.15, 0.2) is 30.2 Å². The molecule has 126 valence electrons. The number of carbonyl (C=O) groups is 1. The fourth-order valence-corrected chi connectivity index (χ4v) is 2.33. The molecule has 1 aromatic rings. The molecule has 23 heavy (non-hydrogen) atoms. The van der Waals surface area contributed by atoms with Crippen molar-refractivity contribution in [1.29, 1.82) is 0 Å². The van der Waals surface area contributed by atoms with E-state index in [0.29, 0.717) is 17.4 Å². The van der Waals surface area contributed by atoms with Crippen LogP contribution in [0.5, 0.6) is 5.75 Å². The first-order chi connectivity index (χ1) is 11.1. The molecule has 0 bridgehead atoms. The van der Waals surface area contributed by atoms with Crippen LogP contribution < -0.4 is 10.1 Å². The summed E-state index contributed by atoms with van der Waals surface area (Å²) in [5.41, 5.74) is 1.37. The van der Waals surface area contributed by atoms with Crippen LogP contribution in [-0.2, 0) is 18.9 Å². The van der Waals surface area contributed by atoms with Crippen LogP contribution in [-0.4, -0.2) is 40.3 Å². The average Bonchev–Trinajstić information content (AvgIpc) is 2.98. The van der Waals surface area contributed by atoms with Crippen molar-refractivity contribution in [3.8, 4) is 5.75 Å². The molecule has 2 rings (SSSR count). The number of hydrogen-bond donors (Lipinski definition) is 1. The Labute approximate surface area is 135 Å². The van der Waals surface area contributed by atoms with Gasteiger partial charge in [-0.1, -0.05) is 0 Å². The zero-order valence-corrected chi connectivity index (χ0v) is 13.6. The zero-order valence-electron chi connectivity index (χ0n) is 13.6. The predicted octanol–water partition coefficient (Wildman–Crippen LogP) is 2.84. The third-order valence-electron chi connectivity index (χ3n) is 3.40. The van der Waals surface area contributed by atoms with E-state index in [4.69, 9.17) is 23.7 Å². The maximum Gasteiger partial charge on any atom is 0.411 e. The molecule has 7 heteroatoms. The molecule has 0 saturated heterocycles. The monoisotopic (exact) mass is 323 g/mol. The minimum atomic E-state index is -0.556. The summed E-state index contributed by atoms with van der Waals surface area (Å²) in [6.45, 7) is 2.03. The summed E-state index contributed by atoms with van der Waals surface area (Å²) in [7, 11) is 4.64. The summed E-state index contributed by atoms with van der Waals surface area (Å²) < 4.78 is 26.2. The normalized spacial score (nSPS) is 19.6. The van der Waals surface area contributed by atoms with Crippen molar-refractivity contribution in [3.05, 3.63) is 35.8 Å². The van der Waals surface area contributed by atoms with Crippen LogP contribution in [0, 0.1) is 0 Å². The van der Waals surface area contributed by atoms with Gasteiger partial charge in [0.1, 0.15) is 5.75 Å². The molecular formula is C16H21NO6. The molecule has 0 spiro atoms. The molecule has 1 amide bonds. The van der Waals surface area contributed by atoms with Gasteiger partial charge in [-0.25, -0.2) is 4.79 Å². The van der Waals surface area contributed by atoms with E-state index in [2.05, 4.69) is 5.32 Å². The maximum atomic E-state index is 11.7. The number of nitrogens with one attached hydrogen (secondary N) is 1. The van der Waals surface area contributed by atoms with Crippen molar-refractivity contribution in [1.82, 2.24) is 0 Å². The molecule has 0 fully saturated rings. The molecule has 0 aliphatic carbocycles. The quantitative estimate of drug-likeness (QED) is 0.867. The first kappa shape index (κ1) is 17.0. The smallest absolute Gasteiger partial charge is 0.411 e. The van der Waals surface area contributed by atoms with Crippen molar-refractivity contribution in [2.45, 2.75) is 19.1 Å². The Kier molecular flexibility index (Phi) is 5.70. The lowest BCUT2D eigenvalue weighted by Crippen LogP contribution is -2.20. The van der Waals surface area contributed by atoms with Gasteiger partial charge in [0.2, 0.25) is 6.29 Å². The van der Waals surface area contributed by atoms with Gasteiger partial charge in [-0.15, -0.1) is 0 Å². The van der Waals surface area contributed by atoms with Gasteiger partial charge >= 0.3 is 6.09 Å². The number of benzene rings is 1. The van der Waals surface area contributed by atoms with Crippen LogP contribution >= 0.6 is 0 Å². The van der Waals surface area contributed by atoms with E-state index in [0.717, 1.165) is 5.56 Å². The second-order valence-electron chi connectivity index (χ2n) is 4.74. The minimum absolute atomic E-state index is 0.262. The molecule has 1 aliphatic rings. The maximum absolute atomic E-state index is 11.7. The zero-order chi connectivity index (χ0) is 16.8. The largest absolute Gasteiger partial charge is 0.497 e. The number of ether oxygens (including phenoxy) is 5. The molecular weight excluding hydrogens is 302 g/mol. The molecule has 2 unspecified atom stereocenters. The van der Waals surface area contributed by atoms with E-state index >= 15 is 0 Å². The van der Waals surface area contributed by atoms with E-state index in [1.54, 1.807) is 39.4 Å². The molecule has 1 heterocycles. The Balaban J connectivity index is 2.37. The topological polar surface area (TPSA) is 75.3 Å². The van der Waals surface area contributed by atoms with Gasteiger partial charge < -0.3 is 23.7 Å². The number of anilines is 1. The van der Waals surface area contributed by atoms with Gasteiger partial charge in [-0.05, 0) is 30.7 Å². The van der Waals surface area contributed by atoms with Crippen molar-refractivity contribution in [2.75, 3.05) is 33.3 Å². The Hall–Kier alpha value is -2.41. The lowest BCUT2D eigenvalue weighted by molar-refractivity contribution is -0.116. The lowest BCUT2D eigenvalue weighted by atomic mass is 9.97. The number of carbonyl (C=O) groups excluding carboxylic acids is 1. The molecule has 7 nitrogen and oxygen atoms in total. The highest BCUT2D eigenvalue weighted by atomic mass is 16.8. The minimum Gasteiger partial charge on any atom is -0.497 e. The second kappa shape index (κ2) is 7.73. The highest BCUT2D eigenvalue weighted by molar-refractivity contribution is 5.86. The van der Waals surface area contributed by atoms with Crippen LogP contribution in [0.2, 0.25) is 0 Å². The summed E-state index contributed by atoms with van der Waals surface area (Å²) >= 11 is 0. The van der Waals surface area contributed by atoms with Crippen molar-refractivity contribution in [3.63, 3.8) is 0 Å². The molecule has 1 aromatic carbocycles. The van der Waals surface area contributed by atoms with Gasteiger partial charge in [0, 0.05) is 18.9 Å². The molecule has 1 N–H and O–H groups in total. The summed E-state index contributed by atoms with van der Waals surface area (Å²) in [6.07, 6.45) is 0.710. The van der Waals surface area contributed by atoms with E-state index in [9.17, 15) is 4.79 Å². The second-order valence-corrected chi connectivity index (χ2v) is 4.74. The van der Waals surface area contributed by atoms with E-state index < -0.39 is 12.4 Å². The van der Waals surface area contributed by atoms with Crippen LogP contribution in [0.4, 0.5) is 10.5 Å². The summed E-state index contributed by atoms with van der Waals surface area (Å²) in [4.78, 5) is 11.7. The van der Waals surface area contributed by atoms with E-state index in [1.165, 1.54) is 7.11 Å². The lowest BCUT2D eigenvalue weighted by Gasteiger charge is -2.20. The molecule has 0 radical (unpaired) electrons. The Morgan fingerprint density at radius 3 is 2.65 bits per heavy atom. The molecule has 2 atom stereocenters. The number of hydrogen-bond acceptors (Lipinski definition) is 6. The van der Waals surface area contributed by atoms with Crippen LogP contribution in [0.25, 0.3) is 0 Å². The van der Waals surface area contributed by atoms with Gasteiger partial charge in [0.05, 0.1) is 26.7 Å². The third-order valence-corrected chi connectivity index (χ3v) is 3.40. The Bertz CT molecular complexity index is 586. The predicted molar refractivity (Wildman–Crippen MR) is 83.4 cm³/mol. The van der Waals surface area contributed by atoms with E-state index in [1.807, 2.05) is 6.07 Å². The van der Waals surface area contributed by atoms with Gasteiger partial charge in [-0.2, -0.15) is 0 Å². The molecule has 0 saturated carbocycles. The first-order valence-electron chi connectivity index (χ1n) is 7.19. The van der Waals surface area contributed by atoms with Crippen molar-refractivity contribution < 1.29 is 28.5 Å². The fraction of sp³-hybridized carbons (Fsp3) is 0.438. The van der Waals surface area contributed by atoms with Gasteiger partial charge in [-0.3, -0.25) is 5.32 Å². The fourth-order valence-electron chi connectivity index (χ4n) is 2.33. The average molecular weight is 323 g/mol. The first-order valence-corrected chi connectivity index (χ1v) is 7.19. The summed E-state index contributed by atoms with van der Waals surface area (Å²) in [5.74, 6) is 0.761. The number of methoxy groups -OCH3 is 3. The SMILES string of the molecule is CCOC(=O)Nc1ccc(OC)cc1C1C=C(OC)OC1OC. The van der Waals surface area contributed by atoms with Crippen molar-refractivity contribution in [2.24, 2.45) is 0 Å². The Morgan fingerprint density at radius 1 is 1.26 bits per heavy atom. The summed E-state index contributed by atoms with van der Waals surface area (Å²) in [5, 5.41) is 2.72. The van der Waals surface area contributed by atoms with E-state index in [-0.39, 0.29) is 12.5 Å². The number of amides is 1. The van der Waals surface area contributed by atoms with Crippen LogP contribution in [0.3, 0.4) is 0 Å². The summed E-state index contributed by atoms with van der Waals surface area (Å²) in [6, 6.07) is 5.32.